The molecule has 0 unspecified atom stereocenters. The molecule has 2 fully saturated rings. The molecule has 0 spiro atoms. The van der Waals surface area contributed by atoms with Crippen molar-refractivity contribution in [1.82, 2.24) is 19.0 Å². The number of aromatic amines is 1. The van der Waals surface area contributed by atoms with Crippen LogP contribution in [0.2, 0.25) is 0 Å². The summed E-state index contributed by atoms with van der Waals surface area (Å²) in [5.74, 6) is 0.261. The van der Waals surface area contributed by atoms with E-state index >= 15 is 0 Å². The molecule has 5 N–H and O–H groups in total. The number of alkyl halides is 1. The molecule has 2 saturated carbocycles. The van der Waals surface area contributed by atoms with Crippen molar-refractivity contribution >= 4 is 76.6 Å². The van der Waals surface area contributed by atoms with Gasteiger partial charge in [0.05, 0.1) is 38.1 Å². The van der Waals surface area contributed by atoms with Crippen molar-refractivity contribution in [3.63, 3.8) is 0 Å². The van der Waals surface area contributed by atoms with Crippen LogP contribution in [0.25, 0.3) is 44.3 Å². The number of nitrogens with zero attached hydrogens (tertiary/aromatic N) is 1. The highest BCUT2D eigenvalue weighted by atomic mass is 35.5. The monoisotopic (exact) mass is 994 g/mol. The molecule has 0 atom stereocenters. The van der Waals surface area contributed by atoms with Gasteiger partial charge in [-0.25, -0.2) is 26.3 Å². The van der Waals surface area contributed by atoms with Gasteiger partial charge >= 0.3 is 0 Å². The molecule has 368 valence electrons. The van der Waals surface area contributed by atoms with E-state index in [2.05, 4.69) is 37.2 Å². The first-order chi connectivity index (χ1) is 32.5. The number of anilines is 2. The summed E-state index contributed by atoms with van der Waals surface area (Å²) in [5, 5.41) is 8.09. The molecule has 1 aliphatic heterocycles. The molecule has 6 aromatic rings. The molecule has 15 heteroatoms. The van der Waals surface area contributed by atoms with Crippen LogP contribution in [-0.2, 0) is 36.2 Å². The predicted molar refractivity (Wildman–Crippen MR) is 280 cm³/mol. The first-order valence-corrected chi connectivity index (χ1v) is 27.8. The SMILES string of the molecule is Cc1ccc(-c2[nH]c3cc(S(=O)(=O)NC(C)(C)C)ccc3c2C2CCCCC2)c(NC(=O)CCl)c1.Cc1ccc2c(c1)NC(=O)Cn1c-2c(C2CCCCC2)c2ccc(S(=O)(=O)NC(C)(C)C)cc21. The number of benzene rings is 4. The molecule has 0 radical (unpaired) electrons. The number of carbonyl (C=O) groups is 2. The van der Waals surface area contributed by atoms with Crippen molar-refractivity contribution in [3.05, 3.63) is 95.1 Å². The Hall–Kier alpha value is -4.99. The number of nitrogens with one attached hydrogen (secondary N) is 5. The second-order valence-electron chi connectivity index (χ2n) is 21.4. The van der Waals surface area contributed by atoms with E-state index in [4.69, 9.17) is 11.6 Å². The fraction of sp³-hybridized carbons (Fsp3) is 0.444. The van der Waals surface area contributed by atoms with E-state index in [1.165, 1.54) is 49.7 Å². The number of amides is 2. The van der Waals surface area contributed by atoms with Gasteiger partial charge in [-0.1, -0.05) is 74.9 Å². The Balaban J connectivity index is 0.000000186. The lowest BCUT2D eigenvalue weighted by Gasteiger charge is -2.24. The summed E-state index contributed by atoms with van der Waals surface area (Å²) in [5.41, 5.74) is 10.3. The molecule has 0 saturated heterocycles. The van der Waals surface area contributed by atoms with Gasteiger partial charge in [0.15, 0.2) is 0 Å². The van der Waals surface area contributed by atoms with Crippen LogP contribution >= 0.6 is 11.6 Å². The van der Waals surface area contributed by atoms with Gasteiger partial charge in [0.1, 0.15) is 12.4 Å². The summed E-state index contributed by atoms with van der Waals surface area (Å²) in [6, 6.07) is 22.9. The van der Waals surface area contributed by atoms with Gasteiger partial charge in [-0.3, -0.25) is 9.59 Å². The number of halogens is 1. The van der Waals surface area contributed by atoms with Crippen molar-refractivity contribution in [2.45, 2.75) is 159 Å². The van der Waals surface area contributed by atoms with Gasteiger partial charge in [0.2, 0.25) is 31.9 Å². The Morgan fingerprint density at radius 1 is 0.681 bits per heavy atom. The first-order valence-electron chi connectivity index (χ1n) is 24.3. The van der Waals surface area contributed by atoms with Crippen molar-refractivity contribution < 1.29 is 26.4 Å². The number of aromatic nitrogens is 2. The first kappa shape index (κ1) is 50.4. The zero-order valence-electron chi connectivity index (χ0n) is 41.2. The third-order valence-corrected chi connectivity index (χ3v) is 17.0. The highest BCUT2D eigenvalue weighted by Gasteiger charge is 2.33. The minimum atomic E-state index is -3.70. The van der Waals surface area contributed by atoms with Crippen LogP contribution < -0.4 is 20.1 Å². The second kappa shape index (κ2) is 19.7. The van der Waals surface area contributed by atoms with Crippen LogP contribution in [0.5, 0.6) is 0 Å². The predicted octanol–water partition coefficient (Wildman–Crippen LogP) is 12.1. The molecular formula is C54H67ClN6O6S2. The largest absolute Gasteiger partial charge is 0.354 e. The highest BCUT2D eigenvalue weighted by molar-refractivity contribution is 7.89. The maximum atomic E-state index is 13.1. The third-order valence-electron chi connectivity index (χ3n) is 13.3. The number of fused-ring (bicyclic) bond motifs is 6. The second-order valence-corrected chi connectivity index (χ2v) is 25.0. The van der Waals surface area contributed by atoms with E-state index in [0.717, 1.165) is 86.8 Å². The molecule has 2 aliphatic carbocycles. The molecule has 12 nitrogen and oxygen atoms in total. The Bertz CT molecular complexity index is 3170. The average Bonchev–Trinajstić information content (AvgIpc) is 3.76. The molecule has 4 aromatic carbocycles. The van der Waals surface area contributed by atoms with Gasteiger partial charge in [0, 0.05) is 38.5 Å². The van der Waals surface area contributed by atoms with E-state index < -0.39 is 31.1 Å². The Labute approximate surface area is 412 Å². The molecule has 9 rings (SSSR count). The van der Waals surface area contributed by atoms with E-state index in [1.54, 1.807) is 24.3 Å². The van der Waals surface area contributed by atoms with Gasteiger partial charge in [-0.05, 0) is 152 Å². The molecule has 2 amide bonds. The number of H-pyrrole nitrogens is 1. The lowest BCUT2D eigenvalue weighted by atomic mass is 9.81. The third kappa shape index (κ3) is 11.2. The summed E-state index contributed by atoms with van der Waals surface area (Å²) in [6.45, 7) is 15.1. The summed E-state index contributed by atoms with van der Waals surface area (Å²) >= 11 is 5.78. The molecule has 3 heterocycles. The lowest BCUT2D eigenvalue weighted by molar-refractivity contribution is -0.116. The van der Waals surface area contributed by atoms with E-state index in [0.29, 0.717) is 17.5 Å². The molecular weight excluding hydrogens is 928 g/mol. The van der Waals surface area contributed by atoms with Crippen molar-refractivity contribution in [2.24, 2.45) is 0 Å². The number of hydrogen-bond donors (Lipinski definition) is 5. The number of carbonyl (C=O) groups excluding carboxylic acids is 2. The van der Waals surface area contributed by atoms with Crippen LogP contribution in [0.15, 0.2) is 82.6 Å². The van der Waals surface area contributed by atoms with Gasteiger partial charge in [-0.15, -0.1) is 11.6 Å². The number of aryl methyl sites for hydroxylation is 2. The topological polar surface area (TPSA) is 171 Å². The number of sulfonamides is 2. The smallest absolute Gasteiger partial charge is 0.244 e. The standard InChI is InChI=1S/C27H34ClN3O3S.C27H33N3O3S/c1-17-10-12-21(22(14-17)29-24(32)16-28)26-25(18-8-6-5-7-9-18)20-13-11-19(15-23(20)30-26)35(33,34)31-27(2,3)4;1-17-10-12-20-22(14-17)28-24(31)16-30-23-15-19(34(32,33)29-27(2,3)4)11-13-21(23)25(26(20)30)18-8-6-5-7-9-18/h10-15,18,30-31H,5-9,16H2,1-4H3,(H,29,32);10-15,18,29H,5-9,16H2,1-4H3,(H,28,31). The highest BCUT2D eigenvalue weighted by Crippen LogP contribution is 2.48. The minimum Gasteiger partial charge on any atom is -0.354 e. The van der Waals surface area contributed by atoms with Gasteiger partial charge in [-0.2, -0.15) is 0 Å². The van der Waals surface area contributed by atoms with Crippen molar-refractivity contribution in [2.75, 3.05) is 16.5 Å². The average molecular weight is 996 g/mol. The van der Waals surface area contributed by atoms with E-state index in [9.17, 15) is 26.4 Å². The van der Waals surface area contributed by atoms with E-state index in [1.807, 2.05) is 96.4 Å². The Morgan fingerprint density at radius 2 is 1.22 bits per heavy atom. The van der Waals surface area contributed by atoms with E-state index in [-0.39, 0.29) is 34.0 Å². The van der Waals surface area contributed by atoms with Gasteiger partial charge < -0.3 is 20.2 Å². The molecule has 69 heavy (non-hydrogen) atoms. The van der Waals surface area contributed by atoms with Crippen LogP contribution in [0.1, 0.15) is 140 Å². The normalized spacial score (nSPS) is 16.3. The summed E-state index contributed by atoms with van der Waals surface area (Å²) in [7, 11) is -7.38. The Morgan fingerprint density at radius 3 is 1.80 bits per heavy atom. The number of hydrogen-bond acceptors (Lipinski definition) is 6. The fourth-order valence-corrected chi connectivity index (χ4v) is 13.5. The molecule has 2 aromatic heterocycles. The number of rotatable bonds is 9. The summed E-state index contributed by atoms with van der Waals surface area (Å²) in [4.78, 5) is 29.1. The summed E-state index contributed by atoms with van der Waals surface area (Å²) < 4.78 is 59.8. The van der Waals surface area contributed by atoms with Crippen LogP contribution in [0.4, 0.5) is 11.4 Å². The van der Waals surface area contributed by atoms with Crippen molar-refractivity contribution in [1.29, 1.82) is 0 Å². The summed E-state index contributed by atoms with van der Waals surface area (Å²) in [6.07, 6.45) is 11.6. The van der Waals surface area contributed by atoms with Gasteiger partial charge in [0.25, 0.3) is 0 Å². The maximum absolute atomic E-state index is 13.1. The van der Waals surface area contributed by atoms with Crippen LogP contribution in [0, 0.1) is 13.8 Å². The minimum absolute atomic E-state index is 0.0984. The van der Waals surface area contributed by atoms with Crippen molar-refractivity contribution in [3.8, 4) is 22.5 Å². The molecule has 0 bridgehead atoms. The maximum Gasteiger partial charge on any atom is 0.244 e. The zero-order valence-corrected chi connectivity index (χ0v) is 43.5. The quantitative estimate of drug-likeness (QED) is 0.0903. The zero-order chi connectivity index (χ0) is 49.6. The molecule has 3 aliphatic rings. The van der Waals surface area contributed by atoms with Crippen LogP contribution in [-0.4, -0.2) is 55.2 Å². The Kier molecular flexibility index (Phi) is 14.4. The van der Waals surface area contributed by atoms with Crippen LogP contribution in [0.3, 0.4) is 0 Å². The fourth-order valence-electron chi connectivity index (χ4n) is 10.6. The lowest BCUT2D eigenvalue weighted by Crippen LogP contribution is -2.40.